The van der Waals surface area contributed by atoms with Gasteiger partial charge in [0, 0.05) is 5.92 Å². The molecule has 0 spiro atoms. The van der Waals surface area contributed by atoms with Crippen LogP contribution in [0.2, 0.25) is 0 Å². The molecule has 2 bridgehead atoms. The van der Waals surface area contributed by atoms with Gasteiger partial charge >= 0.3 is 0 Å². The Hall–Kier alpha value is -0.0400. The van der Waals surface area contributed by atoms with Crippen LogP contribution in [-0.4, -0.2) is 5.24 Å². The van der Waals surface area contributed by atoms with Crippen molar-refractivity contribution in [2.45, 2.75) is 25.7 Å². The SMILES string of the molecule is O=C(Cl)[C@H]1C[C@@H]2CC[C@@H]1C2. The Labute approximate surface area is 65.7 Å². The first-order valence-electron chi connectivity index (χ1n) is 3.96. The van der Waals surface area contributed by atoms with E-state index in [1.807, 2.05) is 0 Å². The maximum atomic E-state index is 10.8. The molecule has 3 atom stereocenters. The summed E-state index contributed by atoms with van der Waals surface area (Å²) >= 11 is 5.44. The van der Waals surface area contributed by atoms with Gasteiger partial charge in [-0.3, -0.25) is 4.79 Å². The molecule has 0 saturated heterocycles. The third kappa shape index (κ3) is 0.878. The molecular formula is C8H11ClO. The summed E-state index contributed by atoms with van der Waals surface area (Å²) in [5.41, 5.74) is 0. The molecule has 0 aromatic heterocycles. The molecule has 0 aromatic carbocycles. The van der Waals surface area contributed by atoms with Crippen LogP contribution >= 0.6 is 11.6 Å². The molecule has 2 saturated carbocycles. The van der Waals surface area contributed by atoms with Crippen LogP contribution in [0.1, 0.15) is 25.7 Å². The van der Waals surface area contributed by atoms with Gasteiger partial charge < -0.3 is 0 Å². The van der Waals surface area contributed by atoms with E-state index in [4.69, 9.17) is 11.6 Å². The highest BCUT2D eigenvalue weighted by molar-refractivity contribution is 6.64. The van der Waals surface area contributed by atoms with Crippen LogP contribution in [0, 0.1) is 17.8 Å². The number of rotatable bonds is 1. The fraction of sp³-hybridized carbons (Fsp3) is 0.875. The normalized spacial score (nSPS) is 44.3. The zero-order valence-electron chi connectivity index (χ0n) is 5.85. The summed E-state index contributed by atoms with van der Waals surface area (Å²) in [4.78, 5) is 10.8. The van der Waals surface area contributed by atoms with E-state index in [-0.39, 0.29) is 11.2 Å². The van der Waals surface area contributed by atoms with Gasteiger partial charge in [0.2, 0.25) is 5.24 Å². The van der Waals surface area contributed by atoms with E-state index in [0.29, 0.717) is 5.92 Å². The van der Waals surface area contributed by atoms with Gasteiger partial charge in [0.25, 0.3) is 0 Å². The number of hydrogen-bond acceptors (Lipinski definition) is 1. The second-order valence-electron chi connectivity index (χ2n) is 3.59. The molecule has 2 heteroatoms. The van der Waals surface area contributed by atoms with E-state index in [9.17, 15) is 4.79 Å². The average molecular weight is 159 g/mol. The fourth-order valence-electron chi connectivity index (χ4n) is 2.52. The molecular weight excluding hydrogens is 148 g/mol. The Kier molecular flexibility index (Phi) is 1.48. The highest BCUT2D eigenvalue weighted by Crippen LogP contribution is 2.48. The van der Waals surface area contributed by atoms with Gasteiger partial charge in [-0.15, -0.1) is 0 Å². The van der Waals surface area contributed by atoms with Crippen molar-refractivity contribution in [3.63, 3.8) is 0 Å². The zero-order chi connectivity index (χ0) is 7.14. The van der Waals surface area contributed by atoms with Crippen molar-refractivity contribution in [3.8, 4) is 0 Å². The third-order valence-electron chi connectivity index (χ3n) is 3.03. The quantitative estimate of drug-likeness (QED) is 0.535. The topological polar surface area (TPSA) is 17.1 Å². The van der Waals surface area contributed by atoms with E-state index < -0.39 is 0 Å². The maximum Gasteiger partial charge on any atom is 0.225 e. The van der Waals surface area contributed by atoms with Gasteiger partial charge in [-0.25, -0.2) is 0 Å². The van der Waals surface area contributed by atoms with Crippen molar-refractivity contribution in [2.24, 2.45) is 17.8 Å². The summed E-state index contributed by atoms with van der Waals surface area (Å²) in [7, 11) is 0. The number of fused-ring (bicyclic) bond motifs is 2. The van der Waals surface area contributed by atoms with Gasteiger partial charge in [0.05, 0.1) is 0 Å². The van der Waals surface area contributed by atoms with E-state index in [1.165, 1.54) is 19.3 Å². The molecule has 0 radical (unpaired) electrons. The molecule has 1 nitrogen and oxygen atoms in total. The van der Waals surface area contributed by atoms with E-state index in [0.717, 1.165) is 12.3 Å². The predicted octanol–water partition coefficient (Wildman–Crippen LogP) is 2.19. The van der Waals surface area contributed by atoms with Crippen molar-refractivity contribution < 1.29 is 4.79 Å². The molecule has 0 unspecified atom stereocenters. The number of carbonyl (C=O) groups is 1. The van der Waals surface area contributed by atoms with Crippen molar-refractivity contribution in [3.05, 3.63) is 0 Å². The molecule has 0 amide bonds. The van der Waals surface area contributed by atoms with Crippen LogP contribution in [0.25, 0.3) is 0 Å². The Morgan fingerprint density at radius 2 is 2.10 bits per heavy atom. The van der Waals surface area contributed by atoms with Crippen LogP contribution in [0.5, 0.6) is 0 Å². The Morgan fingerprint density at radius 3 is 2.40 bits per heavy atom. The molecule has 2 aliphatic carbocycles. The predicted molar refractivity (Wildman–Crippen MR) is 39.8 cm³/mol. The molecule has 0 aliphatic heterocycles. The smallest absolute Gasteiger partial charge is 0.225 e. The summed E-state index contributed by atoms with van der Waals surface area (Å²) < 4.78 is 0. The van der Waals surface area contributed by atoms with Crippen molar-refractivity contribution in [1.82, 2.24) is 0 Å². The monoisotopic (exact) mass is 158 g/mol. The molecule has 2 aliphatic rings. The highest BCUT2D eigenvalue weighted by Gasteiger charge is 2.42. The average Bonchev–Trinajstić information content (AvgIpc) is 2.44. The molecule has 2 fully saturated rings. The lowest BCUT2D eigenvalue weighted by atomic mass is 9.90. The van der Waals surface area contributed by atoms with E-state index >= 15 is 0 Å². The molecule has 2 rings (SSSR count). The van der Waals surface area contributed by atoms with Crippen LogP contribution < -0.4 is 0 Å². The lowest BCUT2D eigenvalue weighted by molar-refractivity contribution is -0.116. The van der Waals surface area contributed by atoms with Crippen LogP contribution in [-0.2, 0) is 4.79 Å². The van der Waals surface area contributed by atoms with Crippen LogP contribution in [0.4, 0.5) is 0 Å². The molecule has 0 aromatic rings. The number of halogens is 1. The number of hydrogen-bond donors (Lipinski definition) is 0. The second-order valence-corrected chi connectivity index (χ2v) is 3.96. The van der Waals surface area contributed by atoms with Crippen molar-refractivity contribution in [1.29, 1.82) is 0 Å². The summed E-state index contributed by atoms with van der Waals surface area (Å²) in [5.74, 6) is 1.70. The summed E-state index contributed by atoms with van der Waals surface area (Å²) in [6, 6.07) is 0. The minimum atomic E-state index is -0.0906. The number of carbonyl (C=O) groups excluding carboxylic acids is 1. The molecule has 56 valence electrons. The largest absolute Gasteiger partial charge is 0.281 e. The minimum Gasteiger partial charge on any atom is -0.281 e. The fourth-order valence-corrected chi connectivity index (χ4v) is 2.79. The summed E-state index contributed by atoms with van der Waals surface area (Å²) in [6.07, 6.45) is 4.93. The molecule has 0 heterocycles. The molecule has 0 N–H and O–H groups in total. The second kappa shape index (κ2) is 2.23. The first kappa shape index (κ1) is 6.66. The van der Waals surface area contributed by atoms with Gasteiger partial charge in [-0.05, 0) is 42.7 Å². The Bertz CT molecular complexity index is 167. The van der Waals surface area contributed by atoms with E-state index in [1.54, 1.807) is 0 Å². The van der Waals surface area contributed by atoms with Crippen LogP contribution in [0.3, 0.4) is 0 Å². The van der Waals surface area contributed by atoms with Crippen molar-refractivity contribution >= 4 is 16.8 Å². The first-order chi connectivity index (χ1) is 4.77. The minimum absolute atomic E-state index is 0.0906. The lowest BCUT2D eigenvalue weighted by Crippen LogP contribution is -2.16. The first-order valence-corrected chi connectivity index (χ1v) is 4.34. The van der Waals surface area contributed by atoms with Gasteiger partial charge in [-0.1, -0.05) is 6.42 Å². The third-order valence-corrected chi connectivity index (χ3v) is 3.31. The maximum absolute atomic E-state index is 10.8. The highest BCUT2D eigenvalue weighted by atomic mass is 35.5. The van der Waals surface area contributed by atoms with E-state index in [2.05, 4.69) is 0 Å². The van der Waals surface area contributed by atoms with Crippen LogP contribution in [0.15, 0.2) is 0 Å². The van der Waals surface area contributed by atoms with Gasteiger partial charge in [0.1, 0.15) is 0 Å². The lowest BCUT2D eigenvalue weighted by Gasteiger charge is -2.16. The summed E-state index contributed by atoms with van der Waals surface area (Å²) in [5, 5.41) is -0.0906. The molecule has 10 heavy (non-hydrogen) atoms. The van der Waals surface area contributed by atoms with Gasteiger partial charge in [0.15, 0.2) is 0 Å². The standard InChI is InChI=1S/C8H11ClO/c9-8(10)7-4-5-1-2-6(7)3-5/h5-7H,1-4H2/t5-,6-,7+/m1/s1. The Morgan fingerprint density at radius 1 is 1.30 bits per heavy atom. The summed E-state index contributed by atoms with van der Waals surface area (Å²) in [6.45, 7) is 0. The zero-order valence-corrected chi connectivity index (χ0v) is 6.60. The van der Waals surface area contributed by atoms with Gasteiger partial charge in [-0.2, -0.15) is 0 Å². The van der Waals surface area contributed by atoms with Crippen molar-refractivity contribution in [2.75, 3.05) is 0 Å². The Balaban J connectivity index is 2.08.